The molecule has 2 aliphatic heterocycles. The maximum atomic E-state index is 14.6. The van der Waals surface area contributed by atoms with E-state index in [0.29, 0.717) is 30.1 Å². The Bertz CT molecular complexity index is 995. The van der Waals surface area contributed by atoms with Crippen LogP contribution in [-0.2, 0) is 16.8 Å². The maximum Gasteiger partial charge on any atom is 0.410 e. The lowest BCUT2D eigenvalue weighted by molar-refractivity contribution is 0.0204. The number of hydrogen-bond donors (Lipinski definition) is 0. The SMILES string of the molecule is CC(C)(C)OC(=O)N1CCC(c2cccc3c2O[C@@](C)(c2ccc(Cl)cc2F)C3)CC1. The van der Waals surface area contributed by atoms with Crippen molar-refractivity contribution >= 4 is 17.7 Å². The standard InChI is InChI=1S/C25H29ClFNO3/c1-24(2,3)31-23(29)28-12-10-16(11-13-28)19-7-5-6-17-15-25(4,30-22(17)19)20-9-8-18(26)14-21(20)27/h5-9,14,16H,10-13,15H2,1-4H3/t25-/m1/s1. The zero-order valence-corrected chi connectivity index (χ0v) is 19.3. The van der Waals surface area contributed by atoms with Gasteiger partial charge in [0.25, 0.3) is 0 Å². The van der Waals surface area contributed by atoms with Crippen molar-refractivity contribution in [2.75, 3.05) is 13.1 Å². The van der Waals surface area contributed by atoms with Gasteiger partial charge in [-0.25, -0.2) is 9.18 Å². The number of likely N-dealkylation sites (tertiary alicyclic amines) is 1. The zero-order valence-electron chi connectivity index (χ0n) is 18.5. The lowest BCUT2D eigenvalue weighted by Crippen LogP contribution is -2.41. The molecule has 2 aromatic rings. The summed E-state index contributed by atoms with van der Waals surface area (Å²) in [4.78, 5) is 14.2. The highest BCUT2D eigenvalue weighted by Crippen LogP contribution is 2.47. The van der Waals surface area contributed by atoms with Crippen molar-refractivity contribution in [1.82, 2.24) is 4.90 Å². The quantitative estimate of drug-likeness (QED) is 0.533. The number of nitrogens with zero attached hydrogens (tertiary/aromatic N) is 1. The van der Waals surface area contributed by atoms with Crippen molar-refractivity contribution in [3.63, 3.8) is 0 Å². The Kier molecular flexibility index (Phi) is 5.67. The molecule has 0 saturated carbocycles. The first-order valence-electron chi connectivity index (χ1n) is 10.8. The number of halogens is 2. The molecule has 4 nitrogen and oxygen atoms in total. The highest BCUT2D eigenvalue weighted by atomic mass is 35.5. The van der Waals surface area contributed by atoms with Crippen LogP contribution in [0.2, 0.25) is 5.02 Å². The summed E-state index contributed by atoms with van der Waals surface area (Å²) in [6.45, 7) is 8.85. The fraction of sp³-hybridized carbons (Fsp3) is 0.480. The Hall–Kier alpha value is -2.27. The number of ether oxygens (including phenoxy) is 2. The lowest BCUT2D eigenvalue weighted by atomic mass is 9.86. The highest BCUT2D eigenvalue weighted by Gasteiger charge is 2.41. The molecule has 166 valence electrons. The van der Waals surface area contributed by atoms with Crippen molar-refractivity contribution < 1.29 is 18.7 Å². The normalized spacial score (nSPS) is 21.5. The second-order valence-electron chi connectivity index (χ2n) is 9.71. The van der Waals surface area contributed by atoms with Gasteiger partial charge in [-0.1, -0.05) is 35.9 Å². The Morgan fingerprint density at radius 2 is 1.94 bits per heavy atom. The van der Waals surface area contributed by atoms with Crippen LogP contribution in [0.3, 0.4) is 0 Å². The van der Waals surface area contributed by atoms with Crippen LogP contribution in [0.4, 0.5) is 9.18 Å². The highest BCUT2D eigenvalue weighted by molar-refractivity contribution is 6.30. The van der Waals surface area contributed by atoms with Crippen LogP contribution in [0.5, 0.6) is 5.75 Å². The van der Waals surface area contributed by atoms with Crippen molar-refractivity contribution in [2.24, 2.45) is 0 Å². The molecule has 1 fully saturated rings. The fourth-order valence-corrected chi connectivity index (χ4v) is 4.74. The van der Waals surface area contributed by atoms with E-state index in [4.69, 9.17) is 21.1 Å². The van der Waals surface area contributed by atoms with Gasteiger partial charge in [-0.15, -0.1) is 0 Å². The third kappa shape index (κ3) is 4.52. The summed E-state index contributed by atoms with van der Waals surface area (Å²) in [6, 6.07) is 10.9. The molecular formula is C25H29ClFNO3. The van der Waals surface area contributed by atoms with E-state index in [9.17, 15) is 9.18 Å². The largest absolute Gasteiger partial charge is 0.482 e. The molecule has 2 heterocycles. The summed E-state index contributed by atoms with van der Waals surface area (Å²) in [7, 11) is 0. The minimum absolute atomic E-state index is 0.258. The lowest BCUT2D eigenvalue weighted by Gasteiger charge is -2.34. The number of amides is 1. The van der Waals surface area contributed by atoms with Gasteiger partial charge in [0.15, 0.2) is 0 Å². The molecule has 1 amide bonds. The summed E-state index contributed by atoms with van der Waals surface area (Å²) < 4.78 is 26.6. The van der Waals surface area contributed by atoms with E-state index in [1.54, 1.807) is 17.0 Å². The molecule has 6 heteroatoms. The Labute approximate surface area is 188 Å². The molecule has 31 heavy (non-hydrogen) atoms. The second-order valence-corrected chi connectivity index (χ2v) is 10.1. The number of hydrogen-bond acceptors (Lipinski definition) is 3. The molecule has 0 aliphatic carbocycles. The number of fused-ring (bicyclic) bond motifs is 1. The van der Waals surface area contributed by atoms with Gasteiger partial charge in [0, 0.05) is 30.1 Å². The fourth-order valence-electron chi connectivity index (χ4n) is 4.58. The van der Waals surface area contributed by atoms with Gasteiger partial charge in [-0.05, 0) is 69.7 Å². The molecule has 0 bridgehead atoms. The third-order valence-corrected chi connectivity index (χ3v) is 6.30. The molecule has 0 radical (unpaired) electrons. The van der Waals surface area contributed by atoms with E-state index in [-0.39, 0.29) is 17.8 Å². The monoisotopic (exact) mass is 445 g/mol. The summed E-state index contributed by atoms with van der Waals surface area (Å²) in [5.41, 5.74) is 1.47. The molecule has 0 unspecified atom stereocenters. The van der Waals surface area contributed by atoms with Crippen molar-refractivity contribution in [3.8, 4) is 5.75 Å². The summed E-state index contributed by atoms with van der Waals surface area (Å²) in [5.74, 6) is 0.788. The van der Waals surface area contributed by atoms with Crippen LogP contribution in [0.15, 0.2) is 36.4 Å². The number of carbonyl (C=O) groups is 1. The molecule has 4 rings (SSSR count). The van der Waals surface area contributed by atoms with E-state index in [1.807, 2.05) is 39.8 Å². The van der Waals surface area contributed by atoms with Gasteiger partial charge in [-0.2, -0.15) is 0 Å². The van der Waals surface area contributed by atoms with Crippen molar-refractivity contribution in [2.45, 2.75) is 64.1 Å². The minimum atomic E-state index is -0.773. The molecule has 0 N–H and O–H groups in total. The van der Waals surface area contributed by atoms with Gasteiger partial charge in [-0.3, -0.25) is 0 Å². The zero-order chi connectivity index (χ0) is 22.4. The first-order chi connectivity index (χ1) is 14.6. The minimum Gasteiger partial charge on any atom is -0.482 e. The van der Waals surface area contributed by atoms with Crippen LogP contribution >= 0.6 is 11.6 Å². The predicted molar refractivity (Wildman–Crippen MR) is 119 cm³/mol. The van der Waals surface area contributed by atoms with E-state index >= 15 is 0 Å². The molecule has 1 atom stereocenters. The van der Waals surface area contributed by atoms with E-state index < -0.39 is 11.2 Å². The average Bonchev–Trinajstić information content (AvgIpc) is 3.03. The van der Waals surface area contributed by atoms with Crippen molar-refractivity contribution in [1.29, 1.82) is 0 Å². The topological polar surface area (TPSA) is 38.8 Å². The van der Waals surface area contributed by atoms with E-state index in [0.717, 1.165) is 29.7 Å². The van der Waals surface area contributed by atoms with Gasteiger partial charge >= 0.3 is 6.09 Å². The van der Waals surface area contributed by atoms with Crippen LogP contribution in [-0.4, -0.2) is 29.7 Å². The Morgan fingerprint density at radius 3 is 2.58 bits per heavy atom. The van der Waals surface area contributed by atoms with Gasteiger partial charge in [0.2, 0.25) is 0 Å². The molecule has 2 aliphatic rings. The van der Waals surface area contributed by atoms with Crippen molar-refractivity contribution in [3.05, 3.63) is 63.9 Å². The van der Waals surface area contributed by atoms with E-state index in [1.165, 1.54) is 6.07 Å². The second kappa shape index (κ2) is 8.01. The first kappa shape index (κ1) is 21.9. The molecular weight excluding hydrogens is 417 g/mol. The van der Waals surface area contributed by atoms with Gasteiger partial charge < -0.3 is 14.4 Å². The van der Waals surface area contributed by atoms with Crippen LogP contribution in [0.1, 0.15) is 63.1 Å². The molecule has 1 saturated heterocycles. The van der Waals surface area contributed by atoms with Crippen LogP contribution in [0.25, 0.3) is 0 Å². The number of benzene rings is 2. The third-order valence-electron chi connectivity index (χ3n) is 6.07. The smallest absolute Gasteiger partial charge is 0.410 e. The Balaban J connectivity index is 1.51. The molecule has 0 spiro atoms. The van der Waals surface area contributed by atoms with Crippen LogP contribution < -0.4 is 4.74 Å². The van der Waals surface area contributed by atoms with E-state index in [2.05, 4.69) is 6.07 Å². The average molecular weight is 446 g/mol. The summed E-state index contributed by atoms with van der Waals surface area (Å²) >= 11 is 5.94. The number of piperidine rings is 1. The maximum absolute atomic E-state index is 14.6. The van der Waals surface area contributed by atoms with Gasteiger partial charge in [0.1, 0.15) is 22.8 Å². The van der Waals surface area contributed by atoms with Crippen LogP contribution in [0, 0.1) is 5.82 Å². The summed E-state index contributed by atoms with van der Waals surface area (Å²) in [5, 5.41) is 0.373. The van der Waals surface area contributed by atoms with Gasteiger partial charge in [0.05, 0.1) is 0 Å². The predicted octanol–water partition coefficient (Wildman–Crippen LogP) is 6.44. The molecule has 2 aromatic carbocycles. The Morgan fingerprint density at radius 1 is 1.23 bits per heavy atom. The number of carbonyl (C=O) groups excluding carboxylic acids is 1. The number of para-hydroxylation sites is 1. The number of rotatable bonds is 2. The summed E-state index contributed by atoms with van der Waals surface area (Å²) in [6.07, 6.45) is 2.02. The molecule has 0 aromatic heterocycles. The first-order valence-corrected chi connectivity index (χ1v) is 11.2.